The summed E-state index contributed by atoms with van der Waals surface area (Å²) in [5.41, 5.74) is 0.703. The van der Waals surface area contributed by atoms with Gasteiger partial charge in [0, 0.05) is 11.1 Å². The van der Waals surface area contributed by atoms with E-state index in [1.165, 1.54) is 27.7 Å². The number of rotatable bonds is 8. The van der Waals surface area contributed by atoms with E-state index >= 15 is 0 Å². The molecule has 0 saturated heterocycles. The molecule has 0 aliphatic carbocycles. The number of fused-ring (bicyclic) bond motifs is 1. The van der Waals surface area contributed by atoms with Crippen LogP contribution in [0.15, 0.2) is 57.0 Å². The highest BCUT2D eigenvalue weighted by Crippen LogP contribution is 2.28. The van der Waals surface area contributed by atoms with Gasteiger partial charge in [0.2, 0.25) is 0 Å². The summed E-state index contributed by atoms with van der Waals surface area (Å²) in [4.78, 5) is 43.1. The van der Waals surface area contributed by atoms with E-state index in [0.29, 0.717) is 36.5 Å². The lowest BCUT2D eigenvalue weighted by atomic mass is 9.92. The molecule has 0 unspecified atom stereocenters. The SMILES string of the molecule is CCOC(=O)c1ccc(-n2c(=S)sc3c(=O)n(Cc4ccco4)c(SCC(=O)C(C)(C)C)nc32)cc1. The van der Waals surface area contributed by atoms with Crippen molar-refractivity contribution in [1.29, 1.82) is 0 Å². The average Bonchev–Trinajstić information content (AvgIpc) is 3.46. The highest BCUT2D eigenvalue weighted by atomic mass is 32.2. The zero-order valence-electron chi connectivity index (χ0n) is 20.3. The van der Waals surface area contributed by atoms with E-state index in [0.717, 1.165) is 0 Å². The Morgan fingerprint density at radius 2 is 1.92 bits per heavy atom. The number of Topliss-reactive ketones (excluding diaryl/α,β-unsaturated/α-hetero) is 1. The fourth-order valence-corrected chi connectivity index (χ4v) is 5.78. The first-order chi connectivity index (χ1) is 17.1. The topological polar surface area (TPSA) is 96.3 Å². The molecular weight excluding hydrogens is 518 g/mol. The molecule has 0 amide bonds. The minimum absolute atomic E-state index is 0.0445. The summed E-state index contributed by atoms with van der Waals surface area (Å²) >= 11 is 7.98. The molecule has 0 N–H and O–H groups in total. The van der Waals surface area contributed by atoms with Crippen LogP contribution in [0.5, 0.6) is 0 Å². The van der Waals surface area contributed by atoms with Crippen molar-refractivity contribution in [1.82, 2.24) is 14.1 Å². The van der Waals surface area contributed by atoms with E-state index < -0.39 is 11.4 Å². The Bertz CT molecular complexity index is 1520. The predicted molar refractivity (Wildman–Crippen MR) is 143 cm³/mol. The van der Waals surface area contributed by atoms with Gasteiger partial charge in [0.05, 0.1) is 30.7 Å². The van der Waals surface area contributed by atoms with Crippen LogP contribution in [0.4, 0.5) is 0 Å². The van der Waals surface area contributed by atoms with Gasteiger partial charge in [0.1, 0.15) is 16.2 Å². The number of benzene rings is 1. The van der Waals surface area contributed by atoms with Crippen molar-refractivity contribution in [2.75, 3.05) is 12.4 Å². The van der Waals surface area contributed by atoms with E-state index in [-0.39, 0.29) is 30.2 Å². The molecule has 4 rings (SSSR count). The first-order valence-corrected chi connectivity index (χ1v) is 13.4. The predicted octanol–water partition coefficient (Wildman–Crippen LogP) is 5.50. The van der Waals surface area contributed by atoms with Crippen molar-refractivity contribution in [3.63, 3.8) is 0 Å². The summed E-state index contributed by atoms with van der Waals surface area (Å²) in [5, 5.41) is 0.395. The molecule has 11 heteroatoms. The number of carbonyl (C=O) groups excluding carboxylic acids is 2. The quantitative estimate of drug-likeness (QED) is 0.124. The van der Waals surface area contributed by atoms with Crippen LogP contribution in [0.3, 0.4) is 0 Å². The van der Waals surface area contributed by atoms with Crippen molar-refractivity contribution in [2.45, 2.75) is 39.4 Å². The third-order valence-electron chi connectivity index (χ3n) is 5.36. The van der Waals surface area contributed by atoms with E-state index in [2.05, 4.69) is 0 Å². The minimum atomic E-state index is -0.514. The van der Waals surface area contributed by atoms with Gasteiger partial charge in [-0.2, -0.15) is 0 Å². The van der Waals surface area contributed by atoms with Crippen molar-refractivity contribution in [3.8, 4) is 5.69 Å². The Labute approximate surface area is 220 Å². The van der Waals surface area contributed by atoms with Gasteiger partial charge >= 0.3 is 5.97 Å². The number of ketones is 1. The number of thiazole rings is 1. The van der Waals surface area contributed by atoms with Crippen LogP contribution < -0.4 is 5.56 Å². The van der Waals surface area contributed by atoms with Gasteiger partial charge in [-0.25, -0.2) is 9.78 Å². The minimum Gasteiger partial charge on any atom is -0.467 e. The molecule has 36 heavy (non-hydrogen) atoms. The van der Waals surface area contributed by atoms with Crippen molar-refractivity contribution in [3.05, 3.63) is 68.3 Å². The molecule has 0 bridgehead atoms. The molecule has 4 aromatic rings. The number of furan rings is 1. The molecule has 188 valence electrons. The molecule has 0 atom stereocenters. The molecule has 0 spiro atoms. The standard InChI is InChI=1S/C25H25N3O5S3/c1-5-32-22(31)15-8-10-16(11-9-15)28-20-19(36-24(28)34)21(30)27(13-17-7-6-12-33-17)23(26-20)35-14-18(29)25(2,3)4/h6-12H,5,13-14H2,1-4H3. The number of esters is 1. The number of carbonyl (C=O) groups is 2. The molecular formula is C25H25N3O5S3. The number of ether oxygens (including phenoxy) is 1. The Morgan fingerprint density at radius 1 is 1.19 bits per heavy atom. The maximum atomic E-state index is 13.6. The molecule has 0 aliphatic rings. The number of hydrogen-bond acceptors (Lipinski definition) is 9. The highest BCUT2D eigenvalue weighted by molar-refractivity contribution is 7.99. The average molecular weight is 544 g/mol. The molecule has 3 heterocycles. The van der Waals surface area contributed by atoms with Gasteiger partial charge in [0.15, 0.2) is 14.8 Å². The van der Waals surface area contributed by atoms with Crippen molar-refractivity contribution in [2.24, 2.45) is 5.41 Å². The Hall–Kier alpha value is -3.02. The molecule has 8 nitrogen and oxygen atoms in total. The second-order valence-electron chi connectivity index (χ2n) is 8.95. The summed E-state index contributed by atoms with van der Waals surface area (Å²) in [5.74, 6) is 0.394. The molecule has 0 aliphatic heterocycles. The van der Waals surface area contributed by atoms with E-state index in [1.807, 2.05) is 20.8 Å². The van der Waals surface area contributed by atoms with Crippen LogP contribution in [-0.4, -0.2) is 38.2 Å². The third-order valence-corrected chi connectivity index (χ3v) is 7.69. The third kappa shape index (κ3) is 5.37. The van der Waals surface area contributed by atoms with Crippen molar-refractivity contribution < 1.29 is 18.7 Å². The molecule has 0 radical (unpaired) electrons. The second-order valence-corrected chi connectivity index (χ2v) is 11.5. The number of hydrogen-bond donors (Lipinski definition) is 0. The first kappa shape index (κ1) is 26.1. The van der Waals surface area contributed by atoms with Gasteiger partial charge in [-0.1, -0.05) is 43.9 Å². The normalized spacial score (nSPS) is 11.7. The van der Waals surface area contributed by atoms with Gasteiger partial charge in [0.25, 0.3) is 5.56 Å². The van der Waals surface area contributed by atoms with E-state index in [4.69, 9.17) is 26.4 Å². The smallest absolute Gasteiger partial charge is 0.338 e. The van der Waals surface area contributed by atoms with Crippen LogP contribution >= 0.6 is 35.3 Å². The lowest BCUT2D eigenvalue weighted by molar-refractivity contribution is -0.123. The van der Waals surface area contributed by atoms with Crippen LogP contribution in [0.1, 0.15) is 43.8 Å². The lowest BCUT2D eigenvalue weighted by Gasteiger charge is -2.17. The largest absolute Gasteiger partial charge is 0.467 e. The van der Waals surface area contributed by atoms with Gasteiger partial charge in [-0.3, -0.25) is 18.7 Å². The summed E-state index contributed by atoms with van der Waals surface area (Å²) in [7, 11) is 0. The maximum absolute atomic E-state index is 13.6. The number of thioether (sulfide) groups is 1. The summed E-state index contributed by atoms with van der Waals surface area (Å²) in [6.45, 7) is 7.79. The van der Waals surface area contributed by atoms with Crippen LogP contribution in [0, 0.1) is 9.37 Å². The molecule has 3 aromatic heterocycles. The lowest BCUT2D eigenvalue weighted by Crippen LogP contribution is -2.26. The van der Waals surface area contributed by atoms with E-state index in [9.17, 15) is 14.4 Å². The fraction of sp³-hybridized carbons (Fsp3) is 0.320. The van der Waals surface area contributed by atoms with Crippen LogP contribution in [-0.2, 0) is 16.1 Å². The summed E-state index contributed by atoms with van der Waals surface area (Å²) in [6, 6.07) is 10.3. The zero-order chi connectivity index (χ0) is 26.0. The number of aromatic nitrogens is 3. The van der Waals surface area contributed by atoms with Gasteiger partial charge in [-0.05, 0) is 55.5 Å². The molecule has 0 fully saturated rings. The Morgan fingerprint density at radius 3 is 2.53 bits per heavy atom. The Kier molecular flexibility index (Phi) is 7.62. The number of nitrogens with zero attached hydrogens (tertiary/aromatic N) is 3. The maximum Gasteiger partial charge on any atom is 0.338 e. The second kappa shape index (κ2) is 10.5. The zero-order valence-corrected chi connectivity index (χ0v) is 22.7. The highest BCUT2D eigenvalue weighted by Gasteiger charge is 2.24. The Balaban J connectivity index is 1.82. The van der Waals surface area contributed by atoms with Crippen molar-refractivity contribution >= 4 is 57.4 Å². The summed E-state index contributed by atoms with van der Waals surface area (Å²) < 4.78 is 14.6. The fourth-order valence-electron chi connectivity index (χ4n) is 3.31. The van der Waals surface area contributed by atoms with Gasteiger partial charge in [-0.15, -0.1) is 0 Å². The molecule has 1 aromatic carbocycles. The van der Waals surface area contributed by atoms with Crippen LogP contribution in [0.25, 0.3) is 16.0 Å². The first-order valence-electron chi connectivity index (χ1n) is 11.2. The van der Waals surface area contributed by atoms with E-state index in [1.54, 1.807) is 54.2 Å². The van der Waals surface area contributed by atoms with Gasteiger partial charge < -0.3 is 9.15 Å². The van der Waals surface area contributed by atoms with Crippen LogP contribution in [0.2, 0.25) is 0 Å². The summed E-state index contributed by atoms with van der Waals surface area (Å²) in [6.07, 6.45) is 1.54. The molecule has 0 saturated carbocycles. The monoisotopic (exact) mass is 543 g/mol.